The minimum atomic E-state index is -4.33. The zero-order valence-corrected chi connectivity index (χ0v) is 6.24. The Bertz CT molecular complexity index is 180. The second kappa shape index (κ2) is 3.30. The maximum atomic E-state index is 12.1. The molecule has 0 aromatic heterocycles. The van der Waals surface area contributed by atoms with Gasteiger partial charge in [0.25, 0.3) is 0 Å². The summed E-state index contributed by atoms with van der Waals surface area (Å²) in [5.74, 6) is -0.553. The van der Waals surface area contributed by atoms with Gasteiger partial charge in [-0.1, -0.05) is 0 Å². The summed E-state index contributed by atoms with van der Waals surface area (Å²) in [5, 5.41) is 4.59. The Morgan fingerprint density at radius 3 is 2.58 bits per heavy atom. The highest BCUT2D eigenvalue weighted by Crippen LogP contribution is 2.22. The van der Waals surface area contributed by atoms with Crippen molar-refractivity contribution in [1.82, 2.24) is 10.6 Å². The number of hydrogen-bond acceptors (Lipinski definition) is 2. The van der Waals surface area contributed by atoms with E-state index in [1.54, 1.807) is 0 Å². The van der Waals surface area contributed by atoms with Crippen LogP contribution in [0.5, 0.6) is 0 Å². The first-order chi connectivity index (χ1) is 5.50. The minimum absolute atomic E-state index is 0.163. The molecule has 1 fully saturated rings. The van der Waals surface area contributed by atoms with E-state index in [1.165, 1.54) is 0 Å². The molecule has 1 saturated heterocycles. The number of carbonyl (C=O) groups is 1. The van der Waals surface area contributed by atoms with Gasteiger partial charge in [-0.3, -0.25) is 4.79 Å². The quantitative estimate of drug-likeness (QED) is 0.554. The lowest BCUT2D eigenvalue weighted by molar-refractivity contribution is -0.160. The van der Waals surface area contributed by atoms with Gasteiger partial charge < -0.3 is 10.6 Å². The van der Waals surface area contributed by atoms with E-state index in [0.717, 1.165) is 0 Å². The fourth-order valence-corrected chi connectivity index (χ4v) is 1.01. The predicted octanol–water partition coefficient (Wildman–Crippen LogP) is 0.0268. The maximum absolute atomic E-state index is 12.1. The molecule has 3 nitrogen and oxygen atoms in total. The summed E-state index contributed by atoms with van der Waals surface area (Å²) in [7, 11) is 0. The van der Waals surface area contributed by atoms with Gasteiger partial charge in [0, 0.05) is 13.1 Å². The smallest absolute Gasteiger partial charge is 0.355 e. The first-order valence-corrected chi connectivity index (χ1v) is 3.57. The molecule has 2 N–H and O–H groups in total. The Hall–Kier alpha value is -0.780. The monoisotopic (exact) mass is 182 g/mol. The Morgan fingerprint density at radius 1 is 1.33 bits per heavy atom. The summed E-state index contributed by atoms with van der Waals surface area (Å²) in [6.45, 7) is 0.418. The van der Waals surface area contributed by atoms with E-state index in [0.29, 0.717) is 0 Å². The average molecular weight is 182 g/mol. The highest BCUT2D eigenvalue weighted by Gasteiger charge is 2.41. The van der Waals surface area contributed by atoms with Crippen LogP contribution < -0.4 is 10.6 Å². The van der Waals surface area contributed by atoms with Crippen LogP contribution in [0.1, 0.15) is 6.42 Å². The van der Waals surface area contributed by atoms with Gasteiger partial charge in [0.1, 0.15) is 6.04 Å². The molecule has 0 spiro atoms. The molecule has 1 atom stereocenters. The molecular formula is C6H9F3N2O. The second-order valence-corrected chi connectivity index (χ2v) is 2.60. The zero-order chi connectivity index (χ0) is 9.19. The summed E-state index contributed by atoms with van der Waals surface area (Å²) in [5.41, 5.74) is 0. The lowest BCUT2D eigenvalue weighted by Gasteiger charge is -2.17. The molecular weight excluding hydrogens is 173 g/mol. The third-order valence-electron chi connectivity index (χ3n) is 1.62. The fourth-order valence-electron chi connectivity index (χ4n) is 1.01. The Morgan fingerprint density at radius 2 is 2.00 bits per heavy atom. The third-order valence-corrected chi connectivity index (χ3v) is 1.62. The van der Waals surface area contributed by atoms with Gasteiger partial charge in [-0.25, -0.2) is 0 Å². The van der Waals surface area contributed by atoms with E-state index in [2.05, 4.69) is 10.6 Å². The van der Waals surface area contributed by atoms with Crippen LogP contribution in [0.15, 0.2) is 0 Å². The lowest BCUT2D eigenvalue weighted by atomic mass is 10.2. The first kappa shape index (κ1) is 9.31. The van der Waals surface area contributed by atoms with Gasteiger partial charge in [0.2, 0.25) is 5.91 Å². The number of hydrogen-bond donors (Lipinski definition) is 2. The molecule has 70 valence electrons. The number of nitrogens with one attached hydrogen (secondary N) is 2. The van der Waals surface area contributed by atoms with Crippen molar-refractivity contribution < 1.29 is 18.0 Å². The molecule has 0 aliphatic carbocycles. The van der Waals surface area contributed by atoms with Crippen LogP contribution in [-0.2, 0) is 4.79 Å². The van der Waals surface area contributed by atoms with Crippen molar-refractivity contribution >= 4 is 5.91 Å². The number of amides is 1. The van der Waals surface area contributed by atoms with Crippen LogP contribution in [-0.4, -0.2) is 31.2 Å². The van der Waals surface area contributed by atoms with E-state index in [1.807, 2.05) is 0 Å². The number of halogens is 3. The average Bonchev–Trinajstić information content (AvgIpc) is 2.11. The fraction of sp³-hybridized carbons (Fsp3) is 0.833. The van der Waals surface area contributed by atoms with Crippen molar-refractivity contribution in [2.75, 3.05) is 13.1 Å². The first-order valence-electron chi connectivity index (χ1n) is 3.57. The number of alkyl halides is 3. The van der Waals surface area contributed by atoms with Gasteiger partial charge in [0.15, 0.2) is 0 Å². The highest BCUT2D eigenvalue weighted by molar-refractivity contribution is 5.76. The van der Waals surface area contributed by atoms with Crippen LogP contribution in [0.2, 0.25) is 0 Å². The molecule has 0 bridgehead atoms. The highest BCUT2D eigenvalue weighted by atomic mass is 19.4. The van der Waals surface area contributed by atoms with E-state index in [4.69, 9.17) is 0 Å². The van der Waals surface area contributed by atoms with E-state index < -0.39 is 24.5 Å². The SMILES string of the molecule is O=C1C[C@H](C(F)(F)F)NCCN1. The molecule has 0 aromatic carbocycles. The van der Waals surface area contributed by atoms with Crippen molar-refractivity contribution in [2.24, 2.45) is 0 Å². The molecule has 0 aromatic rings. The molecule has 0 radical (unpaired) electrons. The van der Waals surface area contributed by atoms with E-state index in [9.17, 15) is 18.0 Å². The molecule has 12 heavy (non-hydrogen) atoms. The van der Waals surface area contributed by atoms with Gasteiger partial charge in [-0.15, -0.1) is 0 Å². The zero-order valence-electron chi connectivity index (χ0n) is 6.24. The topological polar surface area (TPSA) is 41.1 Å². The van der Waals surface area contributed by atoms with Gasteiger partial charge in [-0.2, -0.15) is 13.2 Å². The van der Waals surface area contributed by atoms with Crippen molar-refractivity contribution in [1.29, 1.82) is 0 Å². The lowest BCUT2D eigenvalue weighted by Crippen LogP contribution is -2.42. The largest absolute Gasteiger partial charge is 0.404 e. The molecule has 1 aliphatic rings. The summed E-state index contributed by atoms with van der Waals surface area (Å²) in [6.07, 6.45) is -4.86. The standard InChI is InChI=1S/C6H9F3N2O/c7-6(8,9)4-3-5(12)11-2-1-10-4/h4,10H,1-3H2,(H,11,12)/t4-/m1/s1. The Kier molecular flexibility index (Phi) is 2.56. The molecule has 0 unspecified atom stereocenters. The molecule has 1 heterocycles. The predicted molar refractivity (Wildman–Crippen MR) is 35.5 cm³/mol. The summed E-state index contributed by atoms with van der Waals surface area (Å²) in [6, 6.07) is -1.69. The molecule has 0 saturated carbocycles. The summed E-state index contributed by atoms with van der Waals surface area (Å²) < 4.78 is 36.2. The molecule has 1 aliphatic heterocycles. The Labute approximate surface area is 67.3 Å². The van der Waals surface area contributed by atoms with Crippen LogP contribution >= 0.6 is 0 Å². The van der Waals surface area contributed by atoms with Crippen molar-refractivity contribution in [3.8, 4) is 0 Å². The van der Waals surface area contributed by atoms with Crippen LogP contribution in [0.4, 0.5) is 13.2 Å². The number of carbonyl (C=O) groups excluding carboxylic acids is 1. The van der Waals surface area contributed by atoms with Crippen LogP contribution in [0.25, 0.3) is 0 Å². The van der Waals surface area contributed by atoms with Crippen molar-refractivity contribution in [3.05, 3.63) is 0 Å². The normalized spacial score (nSPS) is 26.2. The summed E-state index contributed by atoms with van der Waals surface area (Å²) >= 11 is 0. The molecule has 6 heteroatoms. The molecule has 1 amide bonds. The Balaban J connectivity index is 2.58. The van der Waals surface area contributed by atoms with Gasteiger partial charge >= 0.3 is 6.18 Å². The van der Waals surface area contributed by atoms with Gasteiger partial charge in [-0.05, 0) is 0 Å². The number of rotatable bonds is 0. The van der Waals surface area contributed by atoms with Crippen LogP contribution in [0.3, 0.4) is 0 Å². The summed E-state index contributed by atoms with van der Waals surface area (Å²) in [4.78, 5) is 10.7. The van der Waals surface area contributed by atoms with E-state index in [-0.39, 0.29) is 13.1 Å². The molecule has 1 rings (SSSR count). The van der Waals surface area contributed by atoms with E-state index >= 15 is 0 Å². The second-order valence-electron chi connectivity index (χ2n) is 2.60. The van der Waals surface area contributed by atoms with Crippen molar-refractivity contribution in [3.63, 3.8) is 0 Å². The third kappa shape index (κ3) is 2.37. The van der Waals surface area contributed by atoms with Gasteiger partial charge in [0.05, 0.1) is 6.42 Å². The minimum Gasteiger partial charge on any atom is -0.355 e. The maximum Gasteiger partial charge on any atom is 0.404 e. The van der Waals surface area contributed by atoms with Crippen LogP contribution in [0, 0.1) is 0 Å². The van der Waals surface area contributed by atoms with Crippen molar-refractivity contribution in [2.45, 2.75) is 18.6 Å².